The molecule has 0 radical (unpaired) electrons. The van der Waals surface area contributed by atoms with Crippen LogP contribution < -0.4 is 5.32 Å². The maximum absolute atomic E-state index is 10.6. The van der Waals surface area contributed by atoms with Gasteiger partial charge in [0.25, 0.3) is 0 Å². The van der Waals surface area contributed by atoms with E-state index in [1.807, 2.05) is 11.3 Å². The Bertz CT molecular complexity index is 395. The zero-order valence-electron chi connectivity index (χ0n) is 12.0. The molecular weight excluding hydrogens is 270 g/mol. The van der Waals surface area contributed by atoms with Gasteiger partial charge in [-0.05, 0) is 30.2 Å². The summed E-state index contributed by atoms with van der Waals surface area (Å²) in [7, 11) is 0. The first-order valence-corrected chi connectivity index (χ1v) is 8.72. The highest BCUT2D eigenvalue weighted by molar-refractivity contribution is 7.10. The second kappa shape index (κ2) is 6.56. The number of aliphatic hydroxyl groups is 1. The van der Waals surface area contributed by atoms with Crippen LogP contribution in [-0.4, -0.2) is 30.5 Å². The molecule has 112 valence electrons. The minimum absolute atomic E-state index is 0.421. The molecule has 3 rings (SSSR count). The first-order valence-electron chi connectivity index (χ1n) is 7.84. The van der Waals surface area contributed by atoms with Crippen molar-refractivity contribution in [3.63, 3.8) is 0 Å². The number of rotatable bonds is 5. The Kier molecular flexibility index (Phi) is 4.76. The van der Waals surface area contributed by atoms with E-state index in [1.165, 1.54) is 30.6 Å². The number of hydrogen-bond acceptors (Lipinski definition) is 4. The minimum Gasteiger partial charge on any atom is -0.388 e. The summed E-state index contributed by atoms with van der Waals surface area (Å²) in [5.74, 6) is 0.733. The predicted molar refractivity (Wildman–Crippen MR) is 82.0 cm³/mol. The Hall–Kier alpha value is -0.420. The molecule has 0 bridgehead atoms. The van der Waals surface area contributed by atoms with E-state index in [1.54, 1.807) is 0 Å². The molecule has 1 aliphatic heterocycles. The van der Waals surface area contributed by atoms with E-state index in [-0.39, 0.29) is 0 Å². The van der Waals surface area contributed by atoms with E-state index >= 15 is 0 Å². The van der Waals surface area contributed by atoms with Gasteiger partial charge in [0, 0.05) is 43.5 Å². The predicted octanol–water partition coefficient (Wildman–Crippen LogP) is 3.11. The first kappa shape index (κ1) is 14.5. The smallest absolute Gasteiger partial charge is 0.0815 e. The molecule has 0 aromatic carbocycles. The molecule has 1 aliphatic carbocycles. The van der Waals surface area contributed by atoms with Crippen LogP contribution in [0.2, 0.25) is 0 Å². The van der Waals surface area contributed by atoms with Crippen molar-refractivity contribution < 1.29 is 9.84 Å². The third-order valence-corrected chi connectivity index (χ3v) is 5.75. The largest absolute Gasteiger partial charge is 0.388 e. The Morgan fingerprint density at radius 2 is 2.10 bits per heavy atom. The monoisotopic (exact) mass is 295 g/mol. The topological polar surface area (TPSA) is 41.5 Å². The van der Waals surface area contributed by atoms with E-state index in [0.29, 0.717) is 25.8 Å². The van der Waals surface area contributed by atoms with Crippen LogP contribution in [0.25, 0.3) is 0 Å². The average molecular weight is 295 g/mol. The summed E-state index contributed by atoms with van der Waals surface area (Å²) in [4.78, 5) is 1.42. The van der Waals surface area contributed by atoms with Crippen molar-refractivity contribution in [3.8, 4) is 0 Å². The van der Waals surface area contributed by atoms with Gasteiger partial charge in [0.1, 0.15) is 0 Å². The lowest BCUT2D eigenvalue weighted by Gasteiger charge is -2.35. The van der Waals surface area contributed by atoms with Gasteiger partial charge in [-0.3, -0.25) is 0 Å². The highest BCUT2D eigenvalue weighted by Gasteiger charge is 2.33. The van der Waals surface area contributed by atoms with Gasteiger partial charge in [-0.25, -0.2) is 0 Å². The van der Waals surface area contributed by atoms with Crippen LogP contribution >= 0.6 is 11.3 Å². The normalized spacial score (nSPS) is 24.9. The third kappa shape index (κ3) is 3.42. The molecule has 0 amide bonds. The van der Waals surface area contributed by atoms with Gasteiger partial charge >= 0.3 is 0 Å². The lowest BCUT2D eigenvalue weighted by molar-refractivity contribution is -0.0635. The highest BCUT2D eigenvalue weighted by Crippen LogP contribution is 2.37. The van der Waals surface area contributed by atoms with Crippen LogP contribution in [0.15, 0.2) is 17.5 Å². The van der Waals surface area contributed by atoms with E-state index in [0.717, 1.165) is 18.8 Å². The van der Waals surface area contributed by atoms with E-state index in [9.17, 15) is 5.11 Å². The summed E-state index contributed by atoms with van der Waals surface area (Å²) in [6, 6.07) is 4.78. The third-order valence-electron chi connectivity index (χ3n) is 4.80. The van der Waals surface area contributed by atoms with Gasteiger partial charge in [-0.2, -0.15) is 0 Å². The summed E-state index contributed by atoms with van der Waals surface area (Å²) in [5.41, 5.74) is -0.577. The second-order valence-corrected chi connectivity index (χ2v) is 7.23. The van der Waals surface area contributed by atoms with Crippen molar-refractivity contribution in [3.05, 3.63) is 22.4 Å². The molecule has 1 aromatic rings. The average Bonchev–Trinajstić information content (AvgIpc) is 3.13. The molecule has 3 nitrogen and oxygen atoms in total. The summed E-state index contributed by atoms with van der Waals surface area (Å²) >= 11 is 1.83. The highest BCUT2D eigenvalue weighted by atomic mass is 32.1. The number of thiophene rings is 1. The Balaban J connectivity index is 1.64. The van der Waals surface area contributed by atoms with Crippen LogP contribution in [0, 0.1) is 5.92 Å². The fraction of sp³-hybridized carbons (Fsp3) is 0.750. The van der Waals surface area contributed by atoms with Gasteiger partial charge in [-0.15, -0.1) is 11.3 Å². The molecule has 1 atom stereocenters. The fourth-order valence-electron chi connectivity index (χ4n) is 3.49. The maximum atomic E-state index is 10.6. The molecule has 2 fully saturated rings. The van der Waals surface area contributed by atoms with Crippen molar-refractivity contribution in [2.24, 2.45) is 5.92 Å². The van der Waals surface area contributed by atoms with Gasteiger partial charge < -0.3 is 15.2 Å². The van der Waals surface area contributed by atoms with E-state index < -0.39 is 5.60 Å². The van der Waals surface area contributed by atoms with E-state index in [4.69, 9.17) is 4.74 Å². The second-order valence-electron chi connectivity index (χ2n) is 6.26. The Morgan fingerprint density at radius 3 is 2.75 bits per heavy atom. The number of ether oxygens (including phenoxy) is 1. The Labute approximate surface area is 125 Å². The first-order chi connectivity index (χ1) is 9.77. The Morgan fingerprint density at radius 1 is 1.35 bits per heavy atom. The van der Waals surface area contributed by atoms with Crippen molar-refractivity contribution in [2.45, 2.75) is 50.2 Å². The van der Waals surface area contributed by atoms with Crippen LogP contribution in [0.3, 0.4) is 0 Å². The molecule has 0 spiro atoms. The number of nitrogens with one attached hydrogen (secondary N) is 1. The molecule has 1 saturated carbocycles. The maximum Gasteiger partial charge on any atom is 0.0815 e. The minimum atomic E-state index is -0.577. The molecule has 1 saturated heterocycles. The van der Waals surface area contributed by atoms with Gasteiger partial charge in [0.2, 0.25) is 0 Å². The SMILES string of the molecule is OC1(CNC(c2cccs2)C2CCCC2)CCOCC1. The lowest BCUT2D eigenvalue weighted by atomic mass is 9.91. The summed E-state index contributed by atoms with van der Waals surface area (Å²) < 4.78 is 5.36. The van der Waals surface area contributed by atoms with Crippen molar-refractivity contribution in [1.29, 1.82) is 0 Å². The van der Waals surface area contributed by atoms with Gasteiger partial charge in [0.15, 0.2) is 0 Å². The summed E-state index contributed by atoms with van der Waals surface area (Å²) in [6.07, 6.45) is 6.84. The summed E-state index contributed by atoms with van der Waals surface area (Å²) in [5, 5.41) is 16.5. The van der Waals surface area contributed by atoms with Crippen molar-refractivity contribution >= 4 is 11.3 Å². The van der Waals surface area contributed by atoms with Gasteiger partial charge in [-0.1, -0.05) is 18.9 Å². The molecule has 2 heterocycles. The lowest BCUT2D eigenvalue weighted by Crippen LogP contribution is -2.46. The standard InChI is InChI=1S/C16H25NO2S/c18-16(7-9-19-10-8-16)12-17-15(13-4-1-2-5-13)14-6-3-11-20-14/h3,6,11,13,15,17-18H,1-2,4-5,7-10,12H2. The zero-order chi connectivity index (χ0) is 13.8. The molecular formula is C16H25NO2S. The van der Waals surface area contributed by atoms with Crippen LogP contribution in [0.1, 0.15) is 49.4 Å². The van der Waals surface area contributed by atoms with Crippen LogP contribution in [0.4, 0.5) is 0 Å². The van der Waals surface area contributed by atoms with Gasteiger partial charge in [0.05, 0.1) is 5.60 Å². The van der Waals surface area contributed by atoms with Crippen LogP contribution in [-0.2, 0) is 4.74 Å². The molecule has 2 N–H and O–H groups in total. The van der Waals surface area contributed by atoms with Crippen molar-refractivity contribution in [2.75, 3.05) is 19.8 Å². The molecule has 4 heteroatoms. The molecule has 2 aliphatic rings. The summed E-state index contributed by atoms with van der Waals surface area (Å²) in [6.45, 7) is 2.06. The molecule has 1 aromatic heterocycles. The quantitative estimate of drug-likeness (QED) is 0.877. The molecule has 20 heavy (non-hydrogen) atoms. The van der Waals surface area contributed by atoms with E-state index in [2.05, 4.69) is 22.8 Å². The zero-order valence-corrected chi connectivity index (χ0v) is 12.8. The number of hydrogen-bond donors (Lipinski definition) is 2. The molecule has 1 unspecified atom stereocenters. The fourth-order valence-corrected chi connectivity index (χ4v) is 4.38. The van der Waals surface area contributed by atoms with Crippen molar-refractivity contribution in [1.82, 2.24) is 5.32 Å². The van der Waals surface area contributed by atoms with Crippen LogP contribution in [0.5, 0.6) is 0 Å².